The van der Waals surface area contributed by atoms with E-state index in [1.54, 1.807) is 18.8 Å². The van der Waals surface area contributed by atoms with E-state index in [2.05, 4.69) is 0 Å². The zero-order valence-corrected chi connectivity index (χ0v) is 19.1. The van der Waals surface area contributed by atoms with Crippen molar-refractivity contribution in [2.45, 2.75) is 51.2 Å². The highest BCUT2D eigenvalue weighted by atomic mass is 16.5. The van der Waals surface area contributed by atoms with Gasteiger partial charge < -0.3 is 19.1 Å². The average molecular weight is 430 g/mol. The molecule has 1 heterocycles. The van der Waals surface area contributed by atoms with E-state index in [1.807, 2.05) is 43.3 Å². The summed E-state index contributed by atoms with van der Waals surface area (Å²) < 4.78 is 18.2. The van der Waals surface area contributed by atoms with Gasteiger partial charge in [0, 0.05) is 25.7 Å². The molecule has 1 aliphatic carbocycles. The molecule has 1 aromatic carbocycles. The Morgan fingerprint density at radius 2 is 1.84 bits per heavy atom. The minimum Gasteiger partial charge on any atom is -0.497 e. The van der Waals surface area contributed by atoms with Crippen LogP contribution in [-0.4, -0.2) is 51.8 Å². The van der Waals surface area contributed by atoms with Crippen LogP contribution in [0, 0.1) is 0 Å². The van der Waals surface area contributed by atoms with Gasteiger partial charge in [0.25, 0.3) is 0 Å². The Labute approximate surface area is 183 Å². The Hall–Kier alpha value is -2.51. The molecule has 31 heavy (non-hydrogen) atoms. The van der Waals surface area contributed by atoms with Crippen molar-refractivity contribution < 1.29 is 23.6 Å². The second kappa shape index (κ2) is 10.2. The average Bonchev–Trinajstić information content (AvgIpc) is 2.86. The van der Waals surface area contributed by atoms with Crippen LogP contribution in [0.4, 0.5) is 0 Å². The van der Waals surface area contributed by atoms with Gasteiger partial charge in [-0.05, 0) is 63.9 Å². The molecule has 1 aromatic heterocycles. The summed E-state index contributed by atoms with van der Waals surface area (Å²) in [5.74, 6) is 0.490. The Bertz CT molecular complexity index is 997. The van der Waals surface area contributed by atoms with Crippen LogP contribution in [0.3, 0.4) is 0 Å². The van der Waals surface area contributed by atoms with Crippen molar-refractivity contribution in [1.82, 2.24) is 4.90 Å². The van der Waals surface area contributed by atoms with Crippen LogP contribution in [-0.2, 0) is 16.1 Å². The largest absolute Gasteiger partial charge is 0.497 e. The maximum atomic E-state index is 13.7. The number of hydrogen-bond donors (Lipinski definition) is 0. The van der Waals surface area contributed by atoms with E-state index >= 15 is 0 Å². The molecule has 0 unspecified atom stereocenters. The molecule has 0 amide bonds. The van der Waals surface area contributed by atoms with Gasteiger partial charge in [0.15, 0.2) is 6.54 Å². The van der Waals surface area contributed by atoms with Crippen molar-refractivity contribution >= 4 is 16.9 Å². The van der Waals surface area contributed by atoms with Gasteiger partial charge in [-0.15, -0.1) is 0 Å². The Morgan fingerprint density at radius 1 is 1.13 bits per heavy atom. The van der Waals surface area contributed by atoms with E-state index in [0.717, 1.165) is 42.1 Å². The molecule has 0 atom stereocenters. The van der Waals surface area contributed by atoms with Crippen LogP contribution in [0.15, 0.2) is 29.1 Å². The monoisotopic (exact) mass is 429 g/mol. The molecular formula is C24H33N2O5+. The number of likely N-dealkylation sites (N-methyl/N-ethyl adjacent to an activating group) is 1. The fourth-order valence-corrected chi connectivity index (χ4v) is 4.29. The third-order valence-electron chi connectivity index (χ3n) is 6.00. The fourth-order valence-electron chi connectivity index (χ4n) is 4.29. The molecule has 1 aliphatic rings. The van der Waals surface area contributed by atoms with Gasteiger partial charge in [-0.2, -0.15) is 4.57 Å². The van der Waals surface area contributed by atoms with E-state index in [0.29, 0.717) is 18.8 Å². The highest BCUT2D eigenvalue weighted by Gasteiger charge is 2.30. The predicted octanol–water partition coefficient (Wildman–Crippen LogP) is 2.66. The van der Waals surface area contributed by atoms with Crippen molar-refractivity contribution in [3.63, 3.8) is 0 Å². The lowest BCUT2D eigenvalue weighted by molar-refractivity contribution is -0.684. The number of fused-ring (bicyclic) bond motifs is 1. The smallest absolute Gasteiger partial charge is 0.455 e. The molecule has 0 bridgehead atoms. The van der Waals surface area contributed by atoms with Crippen LogP contribution < -0.4 is 19.6 Å². The first-order chi connectivity index (χ1) is 14.8. The number of hydrogen-bond acceptors (Lipinski definition) is 6. The Kier molecular flexibility index (Phi) is 7.62. The fraction of sp³-hybridized carbons (Fsp3) is 0.542. The van der Waals surface area contributed by atoms with Gasteiger partial charge in [-0.25, -0.2) is 4.79 Å². The molecular weight excluding hydrogens is 396 g/mol. The lowest BCUT2D eigenvalue weighted by Gasteiger charge is -2.27. The number of carbonyl (C=O) groups is 1. The second-order valence-electron chi connectivity index (χ2n) is 8.42. The quantitative estimate of drug-likeness (QED) is 0.498. The molecule has 0 spiro atoms. The van der Waals surface area contributed by atoms with Crippen LogP contribution in [0.5, 0.6) is 11.5 Å². The lowest BCUT2D eigenvalue weighted by atomic mass is 9.82. The number of esters is 1. The minimum atomic E-state index is -0.490. The van der Waals surface area contributed by atoms with Crippen molar-refractivity contribution in [3.05, 3.63) is 40.2 Å². The van der Waals surface area contributed by atoms with E-state index in [1.165, 1.54) is 6.92 Å². The molecule has 0 radical (unpaired) electrons. The maximum absolute atomic E-state index is 13.7. The van der Waals surface area contributed by atoms with Gasteiger partial charge in [0.05, 0.1) is 25.1 Å². The molecule has 0 aliphatic heterocycles. The summed E-state index contributed by atoms with van der Waals surface area (Å²) in [7, 11) is 7.29. The standard InChI is InChI=1S/C24H33N2O5/c1-16(27)31-23-21(17-6-8-19(29-4)9-7-17)15-18-14-20(30-5)10-11-22(18)26(24(23)28)13-12-25(2)3/h10-11,14-15,17,19H,6-9,12-13H2,1-5H3/q+1. The van der Waals surface area contributed by atoms with Crippen molar-refractivity contribution in [2.75, 3.05) is 34.9 Å². The van der Waals surface area contributed by atoms with Gasteiger partial charge >= 0.3 is 11.5 Å². The van der Waals surface area contributed by atoms with Gasteiger partial charge in [0.1, 0.15) is 5.75 Å². The van der Waals surface area contributed by atoms with E-state index < -0.39 is 5.97 Å². The van der Waals surface area contributed by atoms with Crippen LogP contribution in [0.1, 0.15) is 44.1 Å². The zero-order valence-electron chi connectivity index (χ0n) is 19.1. The summed E-state index contributed by atoms with van der Waals surface area (Å²) in [6.07, 6.45) is 3.81. The third kappa shape index (κ3) is 5.40. The molecule has 168 valence electrons. The van der Waals surface area contributed by atoms with Crippen molar-refractivity contribution in [1.29, 1.82) is 0 Å². The summed E-state index contributed by atoms with van der Waals surface area (Å²) in [5.41, 5.74) is 1.30. The summed E-state index contributed by atoms with van der Waals surface area (Å²) in [6.45, 7) is 2.50. The number of rotatable bonds is 7. The number of nitrogens with zero attached hydrogens (tertiary/aromatic N) is 2. The number of ether oxygens (including phenoxy) is 3. The number of aromatic nitrogens is 1. The summed E-state index contributed by atoms with van der Waals surface area (Å²) in [4.78, 5) is 27.7. The first kappa shape index (κ1) is 23.2. The van der Waals surface area contributed by atoms with Gasteiger partial charge in [-0.1, -0.05) is 0 Å². The topological polar surface area (TPSA) is 69.0 Å². The molecule has 7 nitrogen and oxygen atoms in total. The van der Waals surface area contributed by atoms with E-state index in [9.17, 15) is 9.59 Å². The van der Waals surface area contributed by atoms with E-state index in [-0.39, 0.29) is 23.3 Å². The maximum Gasteiger partial charge on any atom is 0.455 e. The van der Waals surface area contributed by atoms with Crippen LogP contribution in [0.25, 0.3) is 10.9 Å². The molecule has 2 aromatic rings. The molecule has 3 rings (SSSR count). The first-order valence-electron chi connectivity index (χ1n) is 10.8. The summed E-state index contributed by atoms with van der Waals surface area (Å²) >= 11 is 0. The predicted molar refractivity (Wildman–Crippen MR) is 119 cm³/mol. The Balaban J connectivity index is 2.26. The third-order valence-corrected chi connectivity index (χ3v) is 6.00. The normalized spacial score (nSPS) is 18.9. The van der Waals surface area contributed by atoms with Crippen molar-refractivity contribution in [3.8, 4) is 11.5 Å². The molecule has 7 heteroatoms. The SMILES string of the molecule is COc1ccc2c(c1)cc(C1CCC(OC)CC1)c(OC(C)=O)c(=O)[n+]2CCN(C)C. The lowest BCUT2D eigenvalue weighted by Crippen LogP contribution is -2.52. The summed E-state index contributed by atoms with van der Waals surface area (Å²) in [5, 5.41) is 0.887. The molecule has 1 fully saturated rings. The molecule has 0 N–H and O–H groups in total. The first-order valence-corrected chi connectivity index (χ1v) is 10.8. The van der Waals surface area contributed by atoms with Crippen LogP contribution >= 0.6 is 0 Å². The van der Waals surface area contributed by atoms with E-state index in [4.69, 9.17) is 14.2 Å². The van der Waals surface area contributed by atoms with Crippen LogP contribution in [0.2, 0.25) is 0 Å². The minimum absolute atomic E-state index is 0.123. The van der Waals surface area contributed by atoms with Gasteiger partial charge in [-0.3, -0.25) is 4.79 Å². The number of methoxy groups -OCH3 is 2. The zero-order chi connectivity index (χ0) is 22.5. The number of benzene rings is 1. The second-order valence-corrected chi connectivity index (χ2v) is 8.42. The molecule has 1 saturated carbocycles. The van der Waals surface area contributed by atoms with Crippen molar-refractivity contribution in [2.24, 2.45) is 0 Å². The molecule has 0 saturated heterocycles. The Morgan fingerprint density at radius 3 is 2.42 bits per heavy atom. The summed E-state index contributed by atoms with van der Waals surface area (Å²) in [6, 6.07) is 7.68. The highest BCUT2D eigenvalue weighted by Crippen LogP contribution is 2.37. The highest BCUT2D eigenvalue weighted by molar-refractivity contribution is 5.79. The van der Waals surface area contributed by atoms with Gasteiger partial charge in [0.2, 0.25) is 11.3 Å². The number of carbonyl (C=O) groups excluding carboxylic acids is 1.